The smallest absolute Gasteiger partial charge is 0.0406 e. The number of hydrogen-bond acceptors (Lipinski definition) is 2. The minimum absolute atomic E-state index is 0.580. The van der Waals surface area contributed by atoms with Crippen molar-refractivity contribution in [1.29, 1.82) is 0 Å². The zero-order valence-electron chi connectivity index (χ0n) is 12.0. The maximum Gasteiger partial charge on any atom is 0.0406 e. The van der Waals surface area contributed by atoms with Crippen molar-refractivity contribution in [3.63, 3.8) is 0 Å². The van der Waals surface area contributed by atoms with Crippen molar-refractivity contribution < 1.29 is 0 Å². The number of rotatable bonds is 5. The van der Waals surface area contributed by atoms with Crippen molar-refractivity contribution in [1.82, 2.24) is 10.2 Å². The lowest BCUT2D eigenvalue weighted by Crippen LogP contribution is -2.39. The molecule has 1 saturated heterocycles. The summed E-state index contributed by atoms with van der Waals surface area (Å²) in [7, 11) is 2.25. The monoisotopic (exact) mass is 280 g/mol. The average Bonchev–Trinajstić information content (AvgIpc) is 2.42. The standard InChI is InChI=1S/C16H25ClN2/c1-13(11-14-3-5-16(17)6-4-14)19(2)12-15-7-9-18-10-8-15/h3-6,13,15,18H,7-12H2,1-2H3. The summed E-state index contributed by atoms with van der Waals surface area (Å²) in [6.07, 6.45) is 3.73. The first-order chi connectivity index (χ1) is 9.15. The second-order valence-corrected chi connectivity index (χ2v) is 6.25. The van der Waals surface area contributed by atoms with Crippen LogP contribution in [-0.2, 0) is 6.42 Å². The highest BCUT2D eigenvalue weighted by Crippen LogP contribution is 2.16. The molecule has 1 aliphatic rings. The maximum atomic E-state index is 5.92. The minimum atomic E-state index is 0.580. The summed E-state index contributed by atoms with van der Waals surface area (Å²) in [5, 5.41) is 4.25. The molecule has 1 aromatic rings. The average molecular weight is 281 g/mol. The van der Waals surface area contributed by atoms with E-state index < -0.39 is 0 Å². The summed E-state index contributed by atoms with van der Waals surface area (Å²) < 4.78 is 0. The molecule has 1 aliphatic heterocycles. The minimum Gasteiger partial charge on any atom is -0.317 e. The van der Waals surface area contributed by atoms with Gasteiger partial charge in [0.2, 0.25) is 0 Å². The van der Waals surface area contributed by atoms with Crippen LogP contribution in [0, 0.1) is 5.92 Å². The van der Waals surface area contributed by atoms with E-state index in [1.54, 1.807) is 0 Å². The molecule has 19 heavy (non-hydrogen) atoms. The topological polar surface area (TPSA) is 15.3 Å². The second-order valence-electron chi connectivity index (χ2n) is 5.81. The molecule has 0 bridgehead atoms. The predicted molar refractivity (Wildman–Crippen MR) is 82.8 cm³/mol. The van der Waals surface area contributed by atoms with Gasteiger partial charge in [-0.15, -0.1) is 0 Å². The number of piperidine rings is 1. The Bertz CT molecular complexity index is 371. The van der Waals surface area contributed by atoms with Gasteiger partial charge in [0.15, 0.2) is 0 Å². The molecule has 106 valence electrons. The van der Waals surface area contributed by atoms with Crippen molar-refractivity contribution >= 4 is 11.6 Å². The van der Waals surface area contributed by atoms with Gasteiger partial charge in [0.25, 0.3) is 0 Å². The van der Waals surface area contributed by atoms with Crippen molar-refractivity contribution in [3.8, 4) is 0 Å². The Labute approximate surface area is 122 Å². The van der Waals surface area contributed by atoms with E-state index in [0.717, 1.165) is 17.4 Å². The van der Waals surface area contributed by atoms with E-state index in [9.17, 15) is 0 Å². The first kappa shape index (κ1) is 14.8. The Morgan fingerprint density at radius 3 is 2.53 bits per heavy atom. The highest BCUT2D eigenvalue weighted by atomic mass is 35.5. The number of nitrogens with zero attached hydrogens (tertiary/aromatic N) is 1. The molecule has 2 nitrogen and oxygen atoms in total. The Morgan fingerprint density at radius 1 is 1.26 bits per heavy atom. The fourth-order valence-corrected chi connectivity index (χ4v) is 2.89. The number of likely N-dealkylation sites (N-methyl/N-ethyl adjacent to an activating group) is 1. The molecule has 0 radical (unpaired) electrons. The van der Waals surface area contributed by atoms with Gasteiger partial charge in [-0.2, -0.15) is 0 Å². The Balaban J connectivity index is 1.81. The normalized spacial score (nSPS) is 18.7. The molecular weight excluding hydrogens is 256 g/mol. The fraction of sp³-hybridized carbons (Fsp3) is 0.625. The summed E-state index contributed by atoms with van der Waals surface area (Å²) in [5.74, 6) is 0.860. The van der Waals surface area contributed by atoms with Crippen molar-refractivity contribution in [3.05, 3.63) is 34.9 Å². The summed E-state index contributed by atoms with van der Waals surface area (Å²) >= 11 is 5.92. The van der Waals surface area contributed by atoms with Crippen LogP contribution in [0.1, 0.15) is 25.3 Å². The molecule has 3 heteroatoms. The van der Waals surface area contributed by atoms with Crippen LogP contribution < -0.4 is 5.32 Å². The van der Waals surface area contributed by atoms with Gasteiger partial charge >= 0.3 is 0 Å². The molecule has 0 aliphatic carbocycles. The number of benzene rings is 1. The highest BCUT2D eigenvalue weighted by Gasteiger charge is 2.18. The molecule has 1 aromatic carbocycles. The molecule has 0 saturated carbocycles. The van der Waals surface area contributed by atoms with Crippen LogP contribution in [0.2, 0.25) is 5.02 Å². The molecule has 0 spiro atoms. The number of hydrogen-bond donors (Lipinski definition) is 1. The lowest BCUT2D eigenvalue weighted by molar-refractivity contribution is 0.194. The van der Waals surface area contributed by atoms with E-state index in [0.29, 0.717) is 6.04 Å². The van der Waals surface area contributed by atoms with Gasteiger partial charge in [-0.1, -0.05) is 23.7 Å². The third-order valence-corrected chi connectivity index (χ3v) is 4.45. The van der Waals surface area contributed by atoms with E-state index in [2.05, 4.69) is 36.3 Å². The molecule has 1 fully saturated rings. The maximum absolute atomic E-state index is 5.92. The van der Waals surface area contributed by atoms with Crippen LogP contribution in [0.5, 0.6) is 0 Å². The van der Waals surface area contributed by atoms with Gasteiger partial charge < -0.3 is 10.2 Å². The van der Waals surface area contributed by atoms with Gasteiger partial charge in [0.1, 0.15) is 0 Å². The zero-order chi connectivity index (χ0) is 13.7. The lowest BCUT2D eigenvalue weighted by Gasteiger charge is -2.31. The molecule has 1 N–H and O–H groups in total. The van der Waals surface area contributed by atoms with Crippen molar-refractivity contribution in [2.45, 2.75) is 32.2 Å². The van der Waals surface area contributed by atoms with E-state index in [1.807, 2.05) is 12.1 Å². The summed E-state index contributed by atoms with van der Waals surface area (Å²) in [6.45, 7) is 5.90. The molecule has 0 amide bonds. The van der Waals surface area contributed by atoms with E-state index in [-0.39, 0.29) is 0 Å². The molecule has 0 aromatic heterocycles. The fourth-order valence-electron chi connectivity index (χ4n) is 2.77. The summed E-state index contributed by atoms with van der Waals surface area (Å²) in [5.41, 5.74) is 1.37. The van der Waals surface area contributed by atoms with Crippen LogP contribution in [0.3, 0.4) is 0 Å². The van der Waals surface area contributed by atoms with Crippen LogP contribution in [0.25, 0.3) is 0 Å². The van der Waals surface area contributed by atoms with Crippen LogP contribution in [0.4, 0.5) is 0 Å². The second kappa shape index (κ2) is 7.28. The zero-order valence-corrected chi connectivity index (χ0v) is 12.8. The quantitative estimate of drug-likeness (QED) is 0.891. The van der Waals surface area contributed by atoms with Gasteiger partial charge in [-0.05, 0) is 69.9 Å². The van der Waals surface area contributed by atoms with Crippen LogP contribution in [0.15, 0.2) is 24.3 Å². The number of halogens is 1. The van der Waals surface area contributed by atoms with Gasteiger partial charge in [0, 0.05) is 17.6 Å². The number of nitrogens with one attached hydrogen (secondary N) is 1. The lowest BCUT2D eigenvalue weighted by atomic mass is 9.96. The Hall–Kier alpha value is -0.570. The molecule has 1 heterocycles. The predicted octanol–water partition coefficient (Wildman–Crippen LogP) is 3.20. The molecule has 1 atom stereocenters. The van der Waals surface area contributed by atoms with Crippen molar-refractivity contribution in [2.24, 2.45) is 5.92 Å². The molecule has 1 unspecified atom stereocenters. The summed E-state index contributed by atoms with van der Waals surface area (Å²) in [4.78, 5) is 2.50. The van der Waals surface area contributed by atoms with Gasteiger partial charge in [-0.3, -0.25) is 0 Å². The first-order valence-electron chi connectivity index (χ1n) is 7.30. The molecular formula is C16H25ClN2. The largest absolute Gasteiger partial charge is 0.317 e. The molecule has 2 rings (SSSR count). The van der Waals surface area contributed by atoms with Crippen LogP contribution in [-0.4, -0.2) is 37.6 Å². The van der Waals surface area contributed by atoms with Crippen molar-refractivity contribution in [2.75, 3.05) is 26.7 Å². The van der Waals surface area contributed by atoms with Gasteiger partial charge in [0.05, 0.1) is 0 Å². The Morgan fingerprint density at radius 2 is 1.89 bits per heavy atom. The SMILES string of the molecule is CC(Cc1ccc(Cl)cc1)N(C)CC1CCNCC1. The first-order valence-corrected chi connectivity index (χ1v) is 7.68. The van der Waals surface area contributed by atoms with Crippen LogP contribution >= 0.6 is 11.6 Å². The van der Waals surface area contributed by atoms with E-state index in [4.69, 9.17) is 11.6 Å². The van der Waals surface area contributed by atoms with E-state index >= 15 is 0 Å². The third kappa shape index (κ3) is 4.79. The third-order valence-electron chi connectivity index (χ3n) is 4.20. The van der Waals surface area contributed by atoms with E-state index in [1.165, 1.54) is 38.0 Å². The van der Waals surface area contributed by atoms with Gasteiger partial charge in [-0.25, -0.2) is 0 Å². The Kier molecular flexibility index (Phi) is 5.68. The summed E-state index contributed by atoms with van der Waals surface area (Å²) in [6, 6.07) is 8.82. The highest BCUT2D eigenvalue weighted by molar-refractivity contribution is 6.30.